The molecule has 3 aromatic rings. The molecule has 0 atom stereocenters. The maximum atomic E-state index is 12.7. The highest BCUT2D eigenvalue weighted by Gasteiger charge is 2.30. The minimum absolute atomic E-state index is 0.174. The Balaban J connectivity index is 1.59. The Bertz CT molecular complexity index is 1110. The van der Waals surface area contributed by atoms with Crippen molar-refractivity contribution in [2.75, 3.05) is 0 Å². The molecule has 4 rings (SSSR count). The molecule has 0 unspecified atom stereocenters. The summed E-state index contributed by atoms with van der Waals surface area (Å²) < 4.78 is 11.4. The minimum atomic E-state index is -0.423. The Morgan fingerprint density at radius 3 is 2.52 bits per heavy atom. The van der Waals surface area contributed by atoms with E-state index in [9.17, 15) is 9.59 Å². The lowest BCUT2D eigenvalue weighted by atomic mass is 10.0. The molecule has 0 amide bonds. The number of fused-ring (bicyclic) bond motifs is 1. The van der Waals surface area contributed by atoms with E-state index in [0.29, 0.717) is 33.4 Å². The smallest absolute Gasteiger partial charge is 0.353 e. The van der Waals surface area contributed by atoms with Gasteiger partial charge < -0.3 is 9.47 Å². The fourth-order valence-corrected chi connectivity index (χ4v) is 3.75. The predicted molar refractivity (Wildman–Crippen MR) is 114 cm³/mol. The average molecular weight is 404 g/mol. The third-order valence-electron chi connectivity index (χ3n) is 4.86. The number of rotatable bonds is 4. The van der Waals surface area contributed by atoms with E-state index in [1.807, 2.05) is 17.5 Å². The third-order valence-corrected chi connectivity index (χ3v) is 5.71. The van der Waals surface area contributed by atoms with Crippen LogP contribution < -0.4 is 9.47 Å². The molecule has 1 aliphatic rings. The number of hydrogen-bond donors (Lipinski definition) is 0. The zero-order chi connectivity index (χ0) is 20.5. The lowest BCUT2D eigenvalue weighted by molar-refractivity contribution is 0.0738. The summed E-state index contributed by atoms with van der Waals surface area (Å²) in [5.74, 6) is 0.944. The molecular weight excluding hydrogens is 384 g/mol. The van der Waals surface area contributed by atoms with Gasteiger partial charge in [0.05, 0.1) is 5.56 Å². The third kappa shape index (κ3) is 3.74. The maximum Gasteiger partial charge on any atom is 0.353 e. The molecule has 0 spiro atoms. The van der Waals surface area contributed by atoms with Crippen molar-refractivity contribution in [2.24, 2.45) is 0 Å². The standard InChI is InChI=1S/C24H20O4S/c1-14(2)17-8-6-16(7-9-17)13-20-22(25)18-10-11-19(15(3)23(18)27-20)28-24(26)21-5-4-12-29-21/h4-14H,1-3H3/b20-13-. The second-order valence-electron chi connectivity index (χ2n) is 7.19. The average Bonchev–Trinajstić information content (AvgIpc) is 3.34. The van der Waals surface area contributed by atoms with Crippen molar-refractivity contribution in [2.45, 2.75) is 26.7 Å². The van der Waals surface area contributed by atoms with Gasteiger partial charge in [-0.05, 0) is 53.6 Å². The summed E-state index contributed by atoms with van der Waals surface area (Å²) in [5.41, 5.74) is 3.23. The van der Waals surface area contributed by atoms with Crippen LogP contribution in [0, 0.1) is 6.92 Å². The second-order valence-corrected chi connectivity index (χ2v) is 8.14. The fraction of sp³-hybridized carbons (Fsp3) is 0.167. The highest BCUT2D eigenvalue weighted by molar-refractivity contribution is 7.12. The van der Waals surface area contributed by atoms with Gasteiger partial charge in [-0.3, -0.25) is 4.79 Å². The quantitative estimate of drug-likeness (QED) is 0.303. The van der Waals surface area contributed by atoms with E-state index in [4.69, 9.17) is 9.47 Å². The lowest BCUT2D eigenvalue weighted by Gasteiger charge is -2.09. The second kappa shape index (κ2) is 7.68. The molecule has 146 valence electrons. The van der Waals surface area contributed by atoms with Crippen molar-refractivity contribution in [3.63, 3.8) is 0 Å². The summed E-state index contributed by atoms with van der Waals surface area (Å²) in [6.45, 7) is 6.06. The predicted octanol–water partition coefficient (Wildman–Crippen LogP) is 6.02. The van der Waals surface area contributed by atoms with Gasteiger partial charge in [-0.15, -0.1) is 11.3 Å². The highest BCUT2D eigenvalue weighted by atomic mass is 32.1. The topological polar surface area (TPSA) is 52.6 Å². The van der Waals surface area contributed by atoms with Crippen LogP contribution in [0.1, 0.15) is 56.5 Å². The molecule has 0 N–H and O–H groups in total. The summed E-state index contributed by atoms with van der Waals surface area (Å²) in [5, 5.41) is 1.82. The van der Waals surface area contributed by atoms with Crippen molar-refractivity contribution in [1.82, 2.24) is 0 Å². The number of benzene rings is 2. The van der Waals surface area contributed by atoms with Gasteiger partial charge in [0, 0.05) is 5.56 Å². The Morgan fingerprint density at radius 2 is 1.86 bits per heavy atom. The first-order valence-electron chi connectivity index (χ1n) is 9.37. The van der Waals surface area contributed by atoms with E-state index < -0.39 is 5.97 Å². The van der Waals surface area contributed by atoms with E-state index >= 15 is 0 Å². The van der Waals surface area contributed by atoms with Gasteiger partial charge in [-0.2, -0.15) is 0 Å². The minimum Gasteiger partial charge on any atom is -0.452 e. The van der Waals surface area contributed by atoms with Gasteiger partial charge in [-0.1, -0.05) is 44.2 Å². The van der Waals surface area contributed by atoms with Crippen molar-refractivity contribution in [3.8, 4) is 11.5 Å². The van der Waals surface area contributed by atoms with E-state index in [-0.39, 0.29) is 11.5 Å². The number of hydrogen-bond acceptors (Lipinski definition) is 5. The molecule has 29 heavy (non-hydrogen) atoms. The maximum absolute atomic E-state index is 12.7. The molecule has 0 bridgehead atoms. The van der Waals surface area contributed by atoms with Crippen LogP contribution in [0.3, 0.4) is 0 Å². The van der Waals surface area contributed by atoms with E-state index in [1.165, 1.54) is 16.9 Å². The largest absolute Gasteiger partial charge is 0.452 e. The molecule has 4 nitrogen and oxygen atoms in total. The molecule has 2 aromatic carbocycles. The number of Topliss-reactive ketones (excluding diaryl/α,β-unsaturated/α-hetero) is 1. The van der Waals surface area contributed by atoms with Crippen LogP contribution in [0.2, 0.25) is 0 Å². The van der Waals surface area contributed by atoms with Gasteiger partial charge in [0.1, 0.15) is 16.4 Å². The zero-order valence-corrected chi connectivity index (χ0v) is 17.2. The van der Waals surface area contributed by atoms with Crippen LogP contribution in [0.15, 0.2) is 59.7 Å². The monoisotopic (exact) mass is 404 g/mol. The Labute approximate surface area is 173 Å². The molecule has 1 aliphatic heterocycles. The van der Waals surface area contributed by atoms with Crippen LogP contribution in [0.5, 0.6) is 11.5 Å². The first-order valence-corrected chi connectivity index (χ1v) is 10.3. The van der Waals surface area contributed by atoms with Crippen LogP contribution in [-0.4, -0.2) is 11.8 Å². The Hall–Kier alpha value is -3.18. The summed E-state index contributed by atoms with van der Waals surface area (Å²) >= 11 is 1.32. The summed E-state index contributed by atoms with van der Waals surface area (Å²) in [7, 11) is 0. The van der Waals surface area contributed by atoms with Crippen molar-refractivity contribution >= 4 is 29.2 Å². The van der Waals surface area contributed by atoms with Gasteiger partial charge in [0.2, 0.25) is 5.78 Å². The molecule has 2 heterocycles. The van der Waals surface area contributed by atoms with Gasteiger partial charge in [0.25, 0.3) is 0 Å². The highest BCUT2D eigenvalue weighted by Crippen LogP contribution is 2.39. The van der Waals surface area contributed by atoms with Crippen molar-refractivity contribution in [3.05, 3.63) is 86.8 Å². The number of thiophene rings is 1. The van der Waals surface area contributed by atoms with Gasteiger partial charge in [-0.25, -0.2) is 4.79 Å². The number of ketones is 1. The number of esters is 1. The Morgan fingerprint density at radius 1 is 1.10 bits per heavy atom. The SMILES string of the molecule is Cc1c(OC(=O)c2cccs2)ccc2c1O/C(=C\c1ccc(C(C)C)cc1)C2=O. The first kappa shape index (κ1) is 19.2. The van der Waals surface area contributed by atoms with Crippen LogP contribution >= 0.6 is 11.3 Å². The normalized spacial score (nSPS) is 14.2. The van der Waals surface area contributed by atoms with Crippen molar-refractivity contribution in [1.29, 1.82) is 0 Å². The first-order chi connectivity index (χ1) is 13.9. The van der Waals surface area contributed by atoms with Gasteiger partial charge in [0.15, 0.2) is 5.76 Å². The van der Waals surface area contributed by atoms with Crippen LogP contribution in [0.4, 0.5) is 0 Å². The molecule has 0 fully saturated rings. The summed E-state index contributed by atoms with van der Waals surface area (Å²) in [6.07, 6.45) is 1.74. The molecular formula is C24H20O4S. The molecule has 0 aliphatic carbocycles. The van der Waals surface area contributed by atoms with Crippen LogP contribution in [-0.2, 0) is 0 Å². The number of carbonyl (C=O) groups excluding carboxylic acids is 2. The summed E-state index contributed by atoms with van der Waals surface area (Å²) in [4.78, 5) is 25.5. The lowest BCUT2D eigenvalue weighted by Crippen LogP contribution is -2.07. The number of ether oxygens (including phenoxy) is 2. The number of carbonyl (C=O) groups is 2. The molecule has 0 saturated carbocycles. The molecule has 0 radical (unpaired) electrons. The summed E-state index contributed by atoms with van der Waals surface area (Å²) in [6, 6.07) is 14.8. The molecule has 5 heteroatoms. The molecule has 0 saturated heterocycles. The van der Waals surface area contributed by atoms with Crippen molar-refractivity contribution < 1.29 is 19.1 Å². The van der Waals surface area contributed by atoms with E-state index in [2.05, 4.69) is 26.0 Å². The zero-order valence-electron chi connectivity index (χ0n) is 16.4. The van der Waals surface area contributed by atoms with Gasteiger partial charge >= 0.3 is 5.97 Å². The Kier molecular flexibility index (Phi) is 5.07. The van der Waals surface area contributed by atoms with E-state index in [0.717, 1.165) is 5.56 Å². The fourth-order valence-electron chi connectivity index (χ4n) is 3.15. The molecule has 1 aromatic heterocycles. The van der Waals surface area contributed by atoms with Crippen LogP contribution in [0.25, 0.3) is 6.08 Å². The number of allylic oxidation sites excluding steroid dienone is 1. The van der Waals surface area contributed by atoms with E-state index in [1.54, 1.807) is 37.3 Å².